The van der Waals surface area contributed by atoms with Crippen LogP contribution in [0.2, 0.25) is 10.0 Å². The van der Waals surface area contributed by atoms with Crippen LogP contribution in [0.3, 0.4) is 0 Å². The number of carboxylic acids is 1. The van der Waals surface area contributed by atoms with E-state index in [0.29, 0.717) is 21.5 Å². The lowest BCUT2D eigenvalue weighted by Gasteiger charge is -2.20. The minimum absolute atomic E-state index is 0.188. The Morgan fingerprint density at radius 2 is 1.63 bits per heavy atom. The predicted octanol–water partition coefficient (Wildman–Crippen LogP) is 7.59. The number of hydrogen-bond acceptors (Lipinski definition) is 2. The smallest absolute Gasteiger partial charge is 0.386 e. The summed E-state index contributed by atoms with van der Waals surface area (Å²) in [5.41, 5.74) is 3.35. The summed E-state index contributed by atoms with van der Waals surface area (Å²) in [6.07, 6.45) is -2.98. The van der Waals surface area contributed by atoms with Crippen LogP contribution >= 0.6 is 23.2 Å². The van der Waals surface area contributed by atoms with Crippen LogP contribution in [-0.2, 0) is 0 Å². The second kappa shape index (κ2) is 11.5. The van der Waals surface area contributed by atoms with Crippen LogP contribution in [0.4, 0.5) is 18.9 Å². The van der Waals surface area contributed by atoms with Crippen molar-refractivity contribution in [3.63, 3.8) is 0 Å². The largest absolute Gasteiger partial charge is 0.478 e. The molecule has 30 heavy (non-hydrogen) atoms. The van der Waals surface area contributed by atoms with Crippen molar-refractivity contribution in [3.05, 3.63) is 63.1 Å². The van der Waals surface area contributed by atoms with Crippen molar-refractivity contribution < 1.29 is 23.1 Å². The number of benzene rings is 2. The molecule has 0 spiro atoms. The van der Waals surface area contributed by atoms with Gasteiger partial charge in [-0.05, 0) is 60.9 Å². The Bertz CT molecular complexity index is 831. The maximum absolute atomic E-state index is 11.1. The molecule has 0 saturated carbocycles. The average Bonchev–Trinajstić information content (AvgIpc) is 3.11. The molecule has 3 rings (SSSR count). The highest BCUT2D eigenvalue weighted by Gasteiger charge is 2.25. The van der Waals surface area contributed by atoms with Crippen LogP contribution in [-0.4, -0.2) is 30.3 Å². The fourth-order valence-electron chi connectivity index (χ4n) is 3.16. The minimum atomic E-state index is -4.00. The summed E-state index contributed by atoms with van der Waals surface area (Å²) < 4.78 is 31.1. The van der Waals surface area contributed by atoms with Gasteiger partial charge in [0.25, 0.3) is 0 Å². The molecule has 1 heterocycles. The van der Waals surface area contributed by atoms with Crippen molar-refractivity contribution in [1.29, 1.82) is 0 Å². The fourth-order valence-corrected chi connectivity index (χ4v) is 3.71. The molecule has 3 nitrogen and oxygen atoms in total. The van der Waals surface area contributed by atoms with Gasteiger partial charge < -0.3 is 10.0 Å². The quantitative estimate of drug-likeness (QED) is 0.509. The zero-order valence-corrected chi connectivity index (χ0v) is 18.9. The first-order valence-corrected chi connectivity index (χ1v) is 10.3. The molecule has 1 saturated heterocycles. The molecule has 0 aromatic heterocycles. The van der Waals surface area contributed by atoms with E-state index in [9.17, 15) is 18.0 Å². The Balaban J connectivity index is 0.000000565. The first kappa shape index (κ1) is 26.1. The first-order valence-electron chi connectivity index (χ1n) is 9.55. The summed E-state index contributed by atoms with van der Waals surface area (Å²) in [6, 6.07) is 11.2. The van der Waals surface area contributed by atoms with E-state index in [1.165, 1.54) is 0 Å². The zero-order valence-electron chi connectivity index (χ0n) is 17.4. The van der Waals surface area contributed by atoms with Crippen LogP contribution in [0.5, 0.6) is 0 Å². The number of hydrogen-bond donors (Lipinski definition) is 1. The number of halogens is 5. The van der Waals surface area contributed by atoms with Gasteiger partial charge in [0.2, 0.25) is 0 Å². The van der Waals surface area contributed by atoms with Crippen LogP contribution in [0.15, 0.2) is 36.4 Å². The molecule has 1 N–H and O–H groups in total. The molecule has 166 valence electrons. The van der Waals surface area contributed by atoms with E-state index in [-0.39, 0.29) is 6.92 Å². The number of carboxylic acid groups (broad SMARTS) is 1. The van der Waals surface area contributed by atoms with Gasteiger partial charge in [-0.3, -0.25) is 0 Å². The van der Waals surface area contributed by atoms with Gasteiger partial charge >= 0.3 is 12.1 Å². The van der Waals surface area contributed by atoms with Gasteiger partial charge in [-0.25, -0.2) is 4.79 Å². The Morgan fingerprint density at radius 1 is 1.10 bits per heavy atom. The van der Waals surface area contributed by atoms with E-state index in [1.807, 2.05) is 45.0 Å². The summed E-state index contributed by atoms with van der Waals surface area (Å²) in [5, 5.41) is 10.4. The van der Waals surface area contributed by atoms with E-state index in [4.69, 9.17) is 28.3 Å². The monoisotopic (exact) mass is 463 g/mol. The molecular weight excluding hydrogens is 438 g/mol. The lowest BCUT2D eigenvalue weighted by molar-refractivity contribution is -0.110. The van der Waals surface area contributed by atoms with E-state index in [0.717, 1.165) is 36.3 Å². The molecular formula is C22H26Cl2F3NO2. The Labute approximate surface area is 185 Å². The Hall–Kier alpha value is -1.92. The third-order valence-electron chi connectivity index (χ3n) is 4.35. The summed E-state index contributed by atoms with van der Waals surface area (Å²) in [5.74, 6) is -0.507. The normalized spacial score (nSPS) is 15.6. The lowest BCUT2D eigenvalue weighted by atomic mass is 9.98. The molecule has 2 aromatic carbocycles. The average molecular weight is 464 g/mol. The Morgan fingerprint density at radius 3 is 2.10 bits per heavy atom. The van der Waals surface area contributed by atoms with Gasteiger partial charge in [0, 0.05) is 41.7 Å². The van der Waals surface area contributed by atoms with E-state index < -0.39 is 12.1 Å². The second-order valence-electron chi connectivity index (χ2n) is 6.72. The van der Waals surface area contributed by atoms with Crippen LogP contribution in [0.25, 0.3) is 0 Å². The molecule has 1 aliphatic heterocycles. The summed E-state index contributed by atoms with van der Waals surface area (Å²) in [6.45, 7) is 7.83. The van der Waals surface area contributed by atoms with Crippen molar-refractivity contribution in [2.45, 2.75) is 46.2 Å². The topological polar surface area (TPSA) is 40.5 Å². The molecule has 0 aliphatic carbocycles. The summed E-state index contributed by atoms with van der Waals surface area (Å²) >= 11 is 12.2. The third-order valence-corrected chi connectivity index (χ3v) is 4.79. The van der Waals surface area contributed by atoms with Gasteiger partial charge in [-0.1, -0.05) is 37.0 Å². The molecule has 0 amide bonds. The number of nitrogens with zero attached hydrogens (tertiary/aromatic N) is 1. The van der Waals surface area contributed by atoms with Gasteiger partial charge in [0.05, 0.1) is 5.56 Å². The molecule has 1 atom stereocenters. The van der Waals surface area contributed by atoms with Gasteiger partial charge in [-0.15, -0.1) is 0 Å². The Kier molecular flexibility index (Phi) is 9.98. The zero-order chi connectivity index (χ0) is 23.1. The first-order chi connectivity index (χ1) is 13.9. The predicted molar refractivity (Wildman–Crippen MR) is 117 cm³/mol. The van der Waals surface area contributed by atoms with Gasteiger partial charge in [0.1, 0.15) is 0 Å². The van der Waals surface area contributed by atoms with E-state index in [2.05, 4.69) is 4.90 Å². The van der Waals surface area contributed by atoms with Crippen molar-refractivity contribution in [2.24, 2.45) is 0 Å². The van der Waals surface area contributed by atoms with Crippen molar-refractivity contribution >= 4 is 34.9 Å². The molecule has 0 radical (unpaired) electrons. The highest BCUT2D eigenvalue weighted by atomic mass is 35.5. The molecule has 1 fully saturated rings. The molecule has 1 unspecified atom stereocenters. The van der Waals surface area contributed by atoms with Crippen molar-refractivity contribution in [2.75, 3.05) is 18.0 Å². The van der Waals surface area contributed by atoms with Crippen LogP contribution in [0.1, 0.15) is 54.6 Å². The highest BCUT2D eigenvalue weighted by Crippen LogP contribution is 2.34. The number of alkyl halides is 3. The standard InChI is InChI=1S/C18H17Cl2NO2.C2H3F3.C2H6/c1-11-6-16(2-3-17(11)18(22)23)21-5-4-12(10-21)13-7-14(19)9-15(20)8-13;1-2(3,4)5;1-2/h2-3,6-9,12H,4-5,10H2,1H3,(H,22,23);1H3;1-2H3. The lowest BCUT2D eigenvalue weighted by Crippen LogP contribution is -2.19. The van der Waals surface area contributed by atoms with Crippen molar-refractivity contribution in [1.82, 2.24) is 0 Å². The molecule has 1 aliphatic rings. The number of carbonyl (C=O) groups is 1. The number of anilines is 1. The molecule has 2 aromatic rings. The number of rotatable bonds is 3. The van der Waals surface area contributed by atoms with Gasteiger partial charge in [-0.2, -0.15) is 13.2 Å². The number of aromatic carboxylic acids is 1. The molecule has 0 bridgehead atoms. The summed E-state index contributed by atoms with van der Waals surface area (Å²) in [7, 11) is 0. The van der Waals surface area contributed by atoms with Crippen molar-refractivity contribution in [3.8, 4) is 0 Å². The fraction of sp³-hybridized carbons (Fsp3) is 0.409. The molecule has 8 heteroatoms. The highest BCUT2D eigenvalue weighted by molar-refractivity contribution is 6.34. The second-order valence-corrected chi connectivity index (χ2v) is 7.59. The van der Waals surface area contributed by atoms with E-state index >= 15 is 0 Å². The van der Waals surface area contributed by atoms with Crippen LogP contribution < -0.4 is 4.90 Å². The number of aryl methyl sites for hydroxylation is 1. The third kappa shape index (κ3) is 8.44. The van der Waals surface area contributed by atoms with Crippen LogP contribution in [0, 0.1) is 6.92 Å². The maximum atomic E-state index is 11.1. The maximum Gasteiger partial charge on any atom is 0.386 e. The summed E-state index contributed by atoms with van der Waals surface area (Å²) in [4.78, 5) is 13.4. The van der Waals surface area contributed by atoms with Gasteiger partial charge in [0.15, 0.2) is 0 Å². The van der Waals surface area contributed by atoms with E-state index in [1.54, 1.807) is 12.1 Å². The minimum Gasteiger partial charge on any atom is -0.478 e. The SMILES string of the molecule is CC.CC(F)(F)F.Cc1cc(N2CCC(c3cc(Cl)cc(Cl)c3)C2)ccc1C(=O)O.